The number of aliphatic hydroxyl groups is 2. The van der Waals surface area contributed by atoms with Crippen LogP contribution in [0.1, 0.15) is 31.7 Å². The van der Waals surface area contributed by atoms with Gasteiger partial charge in [-0.25, -0.2) is 15.0 Å². The average Bonchev–Trinajstić information content (AvgIpc) is 3.17. The minimum Gasteiger partial charge on any atom is -0.481 e. The third kappa shape index (κ3) is 3.83. The summed E-state index contributed by atoms with van der Waals surface area (Å²) >= 11 is 0. The van der Waals surface area contributed by atoms with Gasteiger partial charge in [0.2, 0.25) is 5.91 Å². The molecule has 2 aromatic heterocycles. The topological polar surface area (TPSA) is 162 Å². The van der Waals surface area contributed by atoms with Crippen LogP contribution in [-0.4, -0.2) is 72.0 Å². The first-order valence-electron chi connectivity index (χ1n) is 8.65. The lowest BCUT2D eigenvalue weighted by Gasteiger charge is -2.18. The number of carbonyl (C=O) groups excluding carboxylic acids is 1. The standard InChI is InChI=1S/C16H22N6O5/c1-17-15-12-16(19-6-18-15)22(7-20-12)9-5-8(13(26)14(9)27)21-10(23)3-2-4-11(24)25/h6-9,13-14,26-27H,2-5H2,1H3,(H,21,23)(H,24,25)(H,17,18,19)/t8-,9+,13+,14-/m1/s1. The number of anilines is 1. The molecule has 1 saturated carbocycles. The Hall–Kier alpha value is -2.79. The van der Waals surface area contributed by atoms with Gasteiger partial charge in [-0.2, -0.15) is 0 Å². The lowest BCUT2D eigenvalue weighted by atomic mass is 10.1. The number of aromatic nitrogens is 4. The molecule has 11 heteroatoms. The average molecular weight is 378 g/mol. The third-order valence-corrected chi connectivity index (χ3v) is 4.75. The highest BCUT2D eigenvalue weighted by Gasteiger charge is 2.43. The number of aliphatic carboxylic acids is 1. The highest BCUT2D eigenvalue weighted by atomic mass is 16.4. The number of nitrogens with one attached hydrogen (secondary N) is 2. The van der Waals surface area contributed by atoms with Gasteiger partial charge in [0.05, 0.1) is 18.4 Å². The lowest BCUT2D eigenvalue weighted by Crippen LogP contribution is -2.43. The molecular formula is C16H22N6O5. The van der Waals surface area contributed by atoms with E-state index in [1.54, 1.807) is 11.6 Å². The second-order valence-corrected chi connectivity index (χ2v) is 6.50. The molecular weight excluding hydrogens is 356 g/mol. The number of nitrogens with zero attached hydrogens (tertiary/aromatic N) is 4. The van der Waals surface area contributed by atoms with Crippen LogP contribution < -0.4 is 10.6 Å². The number of carbonyl (C=O) groups is 2. The molecule has 0 bridgehead atoms. The highest BCUT2D eigenvalue weighted by Crippen LogP contribution is 2.33. The van der Waals surface area contributed by atoms with Crippen molar-refractivity contribution >= 4 is 28.9 Å². The summed E-state index contributed by atoms with van der Waals surface area (Å²) in [4.78, 5) is 35.1. The van der Waals surface area contributed by atoms with Crippen molar-refractivity contribution in [3.8, 4) is 0 Å². The number of rotatable bonds is 7. The molecule has 0 spiro atoms. The van der Waals surface area contributed by atoms with E-state index in [0.29, 0.717) is 17.0 Å². The summed E-state index contributed by atoms with van der Waals surface area (Å²) in [6.45, 7) is 0. The number of hydrogen-bond acceptors (Lipinski definition) is 8. The fourth-order valence-corrected chi connectivity index (χ4v) is 3.38. The quantitative estimate of drug-likeness (QED) is 0.418. The Balaban J connectivity index is 1.72. The third-order valence-electron chi connectivity index (χ3n) is 4.75. The second-order valence-electron chi connectivity index (χ2n) is 6.50. The molecule has 4 atom stereocenters. The van der Waals surface area contributed by atoms with E-state index in [4.69, 9.17) is 5.11 Å². The fraction of sp³-hybridized carbons (Fsp3) is 0.562. The van der Waals surface area contributed by atoms with Crippen molar-refractivity contribution in [1.82, 2.24) is 24.8 Å². The molecule has 0 aliphatic heterocycles. The van der Waals surface area contributed by atoms with Crippen molar-refractivity contribution in [2.24, 2.45) is 0 Å². The molecule has 5 N–H and O–H groups in total. The Morgan fingerprint density at radius 1 is 1.22 bits per heavy atom. The fourth-order valence-electron chi connectivity index (χ4n) is 3.38. The van der Waals surface area contributed by atoms with Gasteiger partial charge in [0.25, 0.3) is 0 Å². The predicted molar refractivity (Wildman–Crippen MR) is 94.0 cm³/mol. The van der Waals surface area contributed by atoms with Crippen LogP contribution in [0.3, 0.4) is 0 Å². The molecule has 3 rings (SSSR count). The van der Waals surface area contributed by atoms with Crippen LogP contribution in [0.15, 0.2) is 12.7 Å². The van der Waals surface area contributed by atoms with Crippen LogP contribution in [0.5, 0.6) is 0 Å². The number of amides is 1. The van der Waals surface area contributed by atoms with Gasteiger partial charge in [0.1, 0.15) is 24.1 Å². The molecule has 0 aromatic carbocycles. The summed E-state index contributed by atoms with van der Waals surface area (Å²) in [5, 5.41) is 35.0. The van der Waals surface area contributed by atoms with Crippen LogP contribution in [0, 0.1) is 0 Å². The number of carboxylic acids is 1. The van der Waals surface area contributed by atoms with Crippen molar-refractivity contribution in [3.63, 3.8) is 0 Å². The minimum absolute atomic E-state index is 0.0447. The Labute approximate surface area is 154 Å². The van der Waals surface area contributed by atoms with Crippen molar-refractivity contribution in [3.05, 3.63) is 12.7 Å². The van der Waals surface area contributed by atoms with E-state index in [9.17, 15) is 19.8 Å². The Bertz CT molecular complexity index is 840. The zero-order valence-electron chi connectivity index (χ0n) is 14.7. The maximum atomic E-state index is 12.0. The highest BCUT2D eigenvalue weighted by molar-refractivity contribution is 5.82. The van der Waals surface area contributed by atoms with E-state index in [-0.39, 0.29) is 31.6 Å². The van der Waals surface area contributed by atoms with Gasteiger partial charge in [0.15, 0.2) is 11.5 Å². The Morgan fingerprint density at radius 3 is 2.70 bits per heavy atom. The molecule has 0 radical (unpaired) electrons. The zero-order chi connectivity index (χ0) is 19.6. The summed E-state index contributed by atoms with van der Waals surface area (Å²) in [7, 11) is 1.71. The molecule has 0 saturated heterocycles. The Kier molecular flexibility index (Phi) is 5.51. The van der Waals surface area contributed by atoms with Crippen LogP contribution in [0.4, 0.5) is 5.82 Å². The van der Waals surface area contributed by atoms with Gasteiger partial charge in [-0.05, 0) is 12.8 Å². The molecule has 1 aliphatic carbocycles. The minimum atomic E-state index is -1.15. The maximum absolute atomic E-state index is 12.0. The van der Waals surface area contributed by atoms with E-state index < -0.39 is 30.3 Å². The first kappa shape index (κ1) is 19.0. The molecule has 1 aliphatic rings. The van der Waals surface area contributed by atoms with Crippen molar-refractivity contribution in [1.29, 1.82) is 0 Å². The molecule has 1 amide bonds. The largest absolute Gasteiger partial charge is 0.481 e. The number of imidazole rings is 1. The van der Waals surface area contributed by atoms with Crippen LogP contribution >= 0.6 is 0 Å². The van der Waals surface area contributed by atoms with Gasteiger partial charge in [0, 0.05) is 19.9 Å². The summed E-state index contributed by atoms with van der Waals surface area (Å²) in [5.41, 5.74) is 1.06. The summed E-state index contributed by atoms with van der Waals surface area (Å²) in [6.07, 6.45) is 1.09. The van der Waals surface area contributed by atoms with E-state index in [2.05, 4.69) is 25.6 Å². The second kappa shape index (κ2) is 7.84. The van der Waals surface area contributed by atoms with Gasteiger partial charge in [-0.1, -0.05) is 0 Å². The summed E-state index contributed by atoms with van der Waals surface area (Å²) < 4.78 is 1.67. The van der Waals surface area contributed by atoms with E-state index in [1.807, 2.05) is 0 Å². The zero-order valence-corrected chi connectivity index (χ0v) is 14.7. The molecule has 1 fully saturated rings. The van der Waals surface area contributed by atoms with Crippen LogP contribution in [0.2, 0.25) is 0 Å². The molecule has 11 nitrogen and oxygen atoms in total. The number of carboxylic acid groups (broad SMARTS) is 1. The first-order chi connectivity index (χ1) is 12.9. The molecule has 146 valence electrons. The van der Waals surface area contributed by atoms with E-state index in [1.165, 1.54) is 12.7 Å². The van der Waals surface area contributed by atoms with Gasteiger partial charge in [-0.3, -0.25) is 9.59 Å². The smallest absolute Gasteiger partial charge is 0.303 e. The molecule has 27 heavy (non-hydrogen) atoms. The molecule has 2 heterocycles. The molecule has 0 unspecified atom stereocenters. The van der Waals surface area contributed by atoms with Gasteiger partial charge >= 0.3 is 5.97 Å². The van der Waals surface area contributed by atoms with Crippen LogP contribution in [0.25, 0.3) is 11.2 Å². The Morgan fingerprint density at radius 2 is 2.00 bits per heavy atom. The predicted octanol–water partition coefficient (Wildman–Crippen LogP) is -0.726. The van der Waals surface area contributed by atoms with Crippen LogP contribution in [-0.2, 0) is 9.59 Å². The lowest BCUT2D eigenvalue weighted by molar-refractivity contribution is -0.137. The maximum Gasteiger partial charge on any atom is 0.303 e. The summed E-state index contributed by atoms with van der Waals surface area (Å²) in [5.74, 6) is -0.771. The van der Waals surface area contributed by atoms with Crippen molar-refractivity contribution < 1.29 is 24.9 Å². The number of aliphatic hydroxyl groups excluding tert-OH is 2. The normalized spacial score (nSPS) is 24.9. The summed E-state index contributed by atoms with van der Waals surface area (Å²) in [6, 6.07) is -1.17. The number of fused-ring (bicyclic) bond motifs is 1. The van der Waals surface area contributed by atoms with E-state index in [0.717, 1.165) is 0 Å². The van der Waals surface area contributed by atoms with Gasteiger partial charge in [-0.15, -0.1) is 0 Å². The van der Waals surface area contributed by atoms with E-state index >= 15 is 0 Å². The van der Waals surface area contributed by atoms with Gasteiger partial charge < -0.3 is 30.5 Å². The first-order valence-corrected chi connectivity index (χ1v) is 8.65. The van der Waals surface area contributed by atoms with Crippen molar-refractivity contribution in [2.75, 3.05) is 12.4 Å². The number of hydrogen-bond donors (Lipinski definition) is 5. The monoisotopic (exact) mass is 378 g/mol. The van der Waals surface area contributed by atoms with Crippen molar-refractivity contribution in [2.45, 2.75) is 50.0 Å². The SMILES string of the molecule is CNc1ncnc2c1ncn2[C@H]1C[C@@H](NC(=O)CCCC(=O)O)[C@H](O)[C@@H]1O. The molecule has 2 aromatic rings.